The van der Waals surface area contributed by atoms with Crippen LogP contribution in [0.25, 0.3) is 0 Å². The summed E-state index contributed by atoms with van der Waals surface area (Å²) in [4.78, 5) is 14.5. The Morgan fingerprint density at radius 1 is 1.40 bits per heavy atom. The number of nitrogen functional groups attached to an aromatic ring is 1. The van der Waals surface area contributed by atoms with Crippen LogP contribution in [0, 0.1) is 12.7 Å². The van der Waals surface area contributed by atoms with E-state index >= 15 is 0 Å². The van der Waals surface area contributed by atoms with Gasteiger partial charge in [0.15, 0.2) is 0 Å². The quantitative estimate of drug-likeness (QED) is 0.851. The number of hydrogen-bond acceptors (Lipinski definition) is 3. The van der Waals surface area contributed by atoms with Crippen LogP contribution in [0.2, 0.25) is 0 Å². The Balaban J connectivity index is 1.98. The number of halogens is 1. The Hall–Kier alpha value is -1.88. The molecule has 0 fully saturated rings. The molecule has 1 aromatic heterocycles. The molecule has 2 rings (SSSR count). The van der Waals surface area contributed by atoms with Crippen molar-refractivity contribution in [1.29, 1.82) is 0 Å². The van der Waals surface area contributed by atoms with Gasteiger partial charge < -0.3 is 11.1 Å². The highest BCUT2D eigenvalue weighted by Gasteiger charge is 2.12. The number of nitrogens with one attached hydrogen (secondary N) is 1. The minimum absolute atomic E-state index is 0.0128. The number of carbonyl (C=O) groups is 1. The number of aryl methyl sites for hydroxylation is 1. The molecule has 1 unspecified atom stereocenters. The lowest BCUT2D eigenvalue weighted by Crippen LogP contribution is -2.33. The summed E-state index contributed by atoms with van der Waals surface area (Å²) in [5, 5.41) is 2.86. The molecule has 0 saturated carbocycles. The largest absolute Gasteiger partial charge is 0.396 e. The van der Waals surface area contributed by atoms with Crippen molar-refractivity contribution >= 4 is 22.9 Å². The fraction of sp³-hybridized carbons (Fsp3) is 0.267. The molecule has 1 amide bonds. The first-order valence-corrected chi connectivity index (χ1v) is 7.18. The first-order chi connectivity index (χ1) is 9.45. The van der Waals surface area contributed by atoms with Crippen molar-refractivity contribution in [3.05, 3.63) is 51.5 Å². The van der Waals surface area contributed by atoms with E-state index in [1.165, 1.54) is 21.9 Å². The predicted octanol–water partition coefficient (Wildman–Crippen LogP) is 3.14. The normalized spacial score (nSPS) is 12.2. The van der Waals surface area contributed by atoms with Gasteiger partial charge in [-0.3, -0.25) is 4.79 Å². The van der Waals surface area contributed by atoms with Crippen LogP contribution in [0.5, 0.6) is 0 Å². The summed E-state index contributed by atoms with van der Waals surface area (Å²) in [6, 6.07) is 8.19. The average molecular weight is 292 g/mol. The van der Waals surface area contributed by atoms with Crippen LogP contribution in [0.1, 0.15) is 27.0 Å². The first-order valence-electron chi connectivity index (χ1n) is 6.37. The maximum absolute atomic E-state index is 13.3. The van der Waals surface area contributed by atoms with Crippen molar-refractivity contribution in [3.8, 4) is 0 Å². The Bertz CT molecular complexity index is 624. The SMILES string of the molecule is Cc1ccc(CC(C)NC(=O)c2ccc(N)c(F)c2)s1. The van der Waals surface area contributed by atoms with E-state index in [1.54, 1.807) is 11.3 Å². The van der Waals surface area contributed by atoms with Gasteiger partial charge in [-0.15, -0.1) is 11.3 Å². The third-order valence-corrected chi connectivity index (χ3v) is 3.97. The summed E-state index contributed by atoms with van der Waals surface area (Å²) in [5.74, 6) is -0.858. The number of thiophene rings is 1. The molecule has 1 heterocycles. The first kappa shape index (κ1) is 14.5. The highest BCUT2D eigenvalue weighted by molar-refractivity contribution is 7.11. The Morgan fingerprint density at radius 2 is 2.15 bits per heavy atom. The van der Waals surface area contributed by atoms with Crippen molar-refractivity contribution < 1.29 is 9.18 Å². The van der Waals surface area contributed by atoms with Crippen LogP contribution in [0.3, 0.4) is 0 Å². The lowest BCUT2D eigenvalue weighted by atomic mass is 10.1. The second-order valence-corrected chi connectivity index (χ2v) is 6.20. The van der Waals surface area contributed by atoms with E-state index < -0.39 is 5.82 Å². The molecular weight excluding hydrogens is 275 g/mol. The number of nitrogens with two attached hydrogens (primary N) is 1. The third kappa shape index (κ3) is 3.57. The molecule has 106 valence electrons. The van der Waals surface area contributed by atoms with Gasteiger partial charge in [0.25, 0.3) is 5.91 Å². The summed E-state index contributed by atoms with van der Waals surface area (Å²) in [5.41, 5.74) is 5.72. The van der Waals surface area contributed by atoms with Crippen LogP contribution in [0.4, 0.5) is 10.1 Å². The third-order valence-electron chi connectivity index (χ3n) is 2.94. The van der Waals surface area contributed by atoms with Crippen molar-refractivity contribution in [2.45, 2.75) is 26.3 Å². The van der Waals surface area contributed by atoms with E-state index in [0.717, 1.165) is 12.5 Å². The van der Waals surface area contributed by atoms with E-state index in [4.69, 9.17) is 5.73 Å². The highest BCUT2D eigenvalue weighted by Crippen LogP contribution is 2.17. The zero-order chi connectivity index (χ0) is 14.7. The van der Waals surface area contributed by atoms with Crippen LogP contribution in [0.15, 0.2) is 30.3 Å². The van der Waals surface area contributed by atoms with Gasteiger partial charge >= 0.3 is 0 Å². The molecular formula is C15H17FN2OS. The molecule has 0 aliphatic rings. The lowest BCUT2D eigenvalue weighted by molar-refractivity contribution is 0.0940. The molecule has 1 aromatic carbocycles. The van der Waals surface area contributed by atoms with E-state index in [0.29, 0.717) is 0 Å². The van der Waals surface area contributed by atoms with Crippen LogP contribution in [-0.4, -0.2) is 11.9 Å². The van der Waals surface area contributed by atoms with Gasteiger partial charge in [0.2, 0.25) is 0 Å². The number of anilines is 1. The topological polar surface area (TPSA) is 55.1 Å². The van der Waals surface area contributed by atoms with E-state index in [2.05, 4.69) is 24.4 Å². The standard InChI is InChI=1S/C15H17FN2OS/c1-9(7-12-5-3-10(2)20-12)18-15(19)11-4-6-14(17)13(16)8-11/h3-6,8-9H,7,17H2,1-2H3,(H,18,19). The summed E-state index contributed by atoms with van der Waals surface area (Å²) in [6.07, 6.45) is 0.766. The van der Waals surface area contributed by atoms with Crippen molar-refractivity contribution in [2.75, 3.05) is 5.73 Å². The summed E-state index contributed by atoms with van der Waals surface area (Å²) in [6.45, 7) is 3.98. The fourth-order valence-electron chi connectivity index (χ4n) is 1.92. The van der Waals surface area contributed by atoms with Crippen LogP contribution < -0.4 is 11.1 Å². The monoisotopic (exact) mass is 292 g/mol. The van der Waals surface area contributed by atoms with Crippen molar-refractivity contribution in [1.82, 2.24) is 5.32 Å². The molecule has 0 bridgehead atoms. The number of amides is 1. The van der Waals surface area contributed by atoms with Crippen LogP contribution in [-0.2, 0) is 6.42 Å². The van der Waals surface area contributed by atoms with E-state index in [9.17, 15) is 9.18 Å². The molecule has 5 heteroatoms. The van der Waals surface area contributed by atoms with Gasteiger partial charge in [0.1, 0.15) is 5.82 Å². The number of hydrogen-bond donors (Lipinski definition) is 2. The highest BCUT2D eigenvalue weighted by atomic mass is 32.1. The molecule has 1 atom stereocenters. The van der Waals surface area contributed by atoms with Gasteiger partial charge in [-0.25, -0.2) is 4.39 Å². The predicted molar refractivity (Wildman–Crippen MR) is 80.5 cm³/mol. The zero-order valence-electron chi connectivity index (χ0n) is 11.4. The van der Waals surface area contributed by atoms with Gasteiger partial charge in [-0.05, 0) is 44.2 Å². The Morgan fingerprint density at radius 3 is 2.75 bits per heavy atom. The number of benzene rings is 1. The Kier molecular flexibility index (Phi) is 4.39. The summed E-state index contributed by atoms with van der Waals surface area (Å²) in [7, 11) is 0. The van der Waals surface area contributed by atoms with Gasteiger partial charge in [0, 0.05) is 27.8 Å². The molecule has 0 aliphatic heterocycles. The second-order valence-electron chi connectivity index (χ2n) is 4.83. The van der Waals surface area contributed by atoms with Crippen molar-refractivity contribution in [3.63, 3.8) is 0 Å². The van der Waals surface area contributed by atoms with Crippen molar-refractivity contribution in [2.24, 2.45) is 0 Å². The summed E-state index contributed by atoms with van der Waals surface area (Å²) < 4.78 is 13.3. The average Bonchev–Trinajstić information content (AvgIpc) is 2.77. The minimum Gasteiger partial charge on any atom is -0.396 e. The van der Waals surface area contributed by atoms with Gasteiger partial charge in [-0.2, -0.15) is 0 Å². The number of carbonyl (C=O) groups excluding carboxylic acids is 1. The molecule has 3 N–H and O–H groups in total. The van der Waals surface area contributed by atoms with E-state index in [1.807, 2.05) is 6.92 Å². The minimum atomic E-state index is -0.570. The van der Waals surface area contributed by atoms with Crippen LogP contribution >= 0.6 is 11.3 Å². The van der Waals surface area contributed by atoms with Gasteiger partial charge in [0.05, 0.1) is 5.69 Å². The molecule has 0 aliphatic carbocycles. The molecule has 3 nitrogen and oxygen atoms in total. The maximum atomic E-state index is 13.3. The van der Waals surface area contributed by atoms with E-state index in [-0.39, 0.29) is 23.2 Å². The molecule has 0 spiro atoms. The Labute approximate surface area is 121 Å². The molecule has 2 aromatic rings. The zero-order valence-corrected chi connectivity index (χ0v) is 12.3. The molecule has 0 radical (unpaired) electrons. The summed E-state index contributed by atoms with van der Waals surface area (Å²) >= 11 is 1.72. The molecule has 20 heavy (non-hydrogen) atoms. The van der Waals surface area contributed by atoms with Gasteiger partial charge in [-0.1, -0.05) is 0 Å². The smallest absolute Gasteiger partial charge is 0.251 e. The molecule has 0 saturated heterocycles. The second kappa shape index (κ2) is 6.05. The fourth-order valence-corrected chi connectivity index (χ4v) is 2.94. The lowest BCUT2D eigenvalue weighted by Gasteiger charge is -2.13. The number of rotatable bonds is 4. The maximum Gasteiger partial charge on any atom is 0.251 e.